The van der Waals surface area contributed by atoms with E-state index in [1.54, 1.807) is 4.40 Å². The zero-order valence-electron chi connectivity index (χ0n) is 16.7. The van der Waals surface area contributed by atoms with Crippen LogP contribution in [0.1, 0.15) is 16.1 Å². The van der Waals surface area contributed by atoms with Crippen molar-refractivity contribution in [2.75, 3.05) is 19.6 Å². The number of amides is 1. The molecule has 4 rings (SSSR count). The number of alkyl halides is 3. The Morgan fingerprint density at radius 3 is 2.56 bits per heavy atom. The van der Waals surface area contributed by atoms with Crippen molar-refractivity contribution < 1.29 is 27.9 Å². The molecule has 0 spiro atoms. The van der Waals surface area contributed by atoms with Crippen LogP contribution in [0, 0.1) is 0 Å². The molecule has 1 atom stereocenters. The highest BCUT2D eigenvalue weighted by atomic mass is 19.4. The van der Waals surface area contributed by atoms with Gasteiger partial charge in [-0.3, -0.25) is 14.0 Å². The second-order valence-corrected chi connectivity index (χ2v) is 7.05. The van der Waals surface area contributed by atoms with Crippen LogP contribution in [0.5, 0.6) is 0 Å². The molecule has 1 fully saturated rings. The van der Waals surface area contributed by atoms with Crippen LogP contribution in [0.2, 0.25) is 0 Å². The number of aromatic amines is 1. The molecule has 0 saturated carbocycles. The number of carboxylic acid groups (broad SMARTS) is 1. The van der Waals surface area contributed by atoms with Crippen LogP contribution in [-0.4, -0.2) is 68.1 Å². The van der Waals surface area contributed by atoms with Crippen LogP contribution >= 0.6 is 0 Å². The van der Waals surface area contributed by atoms with Gasteiger partial charge in [-0.05, 0) is 12.0 Å². The van der Waals surface area contributed by atoms with Crippen molar-refractivity contribution in [3.05, 3.63) is 70.7 Å². The van der Waals surface area contributed by atoms with Gasteiger partial charge in [-0.1, -0.05) is 30.3 Å². The van der Waals surface area contributed by atoms with Crippen molar-refractivity contribution in [2.45, 2.75) is 18.6 Å². The van der Waals surface area contributed by atoms with Gasteiger partial charge in [-0.25, -0.2) is 9.78 Å². The highest BCUT2D eigenvalue weighted by Crippen LogP contribution is 2.13. The summed E-state index contributed by atoms with van der Waals surface area (Å²) < 4.78 is 33.3. The van der Waals surface area contributed by atoms with Gasteiger partial charge in [-0.2, -0.15) is 13.2 Å². The molecule has 3 aromatic rings. The van der Waals surface area contributed by atoms with Crippen LogP contribution in [0.3, 0.4) is 0 Å². The Kier molecular flexibility index (Phi) is 6.93. The number of aromatic nitrogens is 3. The van der Waals surface area contributed by atoms with E-state index in [1.807, 2.05) is 23.1 Å². The number of nitrogens with zero attached hydrogens (tertiary/aromatic N) is 3. The molecule has 0 aliphatic carbocycles. The second-order valence-electron chi connectivity index (χ2n) is 7.05. The molecule has 1 saturated heterocycles. The third-order valence-corrected chi connectivity index (χ3v) is 4.80. The fraction of sp³-hybridized carbons (Fsp3) is 0.300. The minimum absolute atomic E-state index is 0.0983. The lowest BCUT2D eigenvalue weighted by atomic mass is 10.0. The van der Waals surface area contributed by atoms with Crippen LogP contribution in [0.25, 0.3) is 5.52 Å². The number of carbonyl (C=O) groups is 2. The Bertz CT molecular complexity index is 1140. The number of benzene rings is 1. The molecule has 1 amide bonds. The van der Waals surface area contributed by atoms with Gasteiger partial charge in [0.25, 0.3) is 11.5 Å². The van der Waals surface area contributed by atoms with E-state index in [4.69, 9.17) is 9.90 Å². The minimum atomic E-state index is -5.08. The lowest BCUT2D eigenvalue weighted by molar-refractivity contribution is -0.192. The molecule has 1 unspecified atom stereocenters. The van der Waals surface area contributed by atoms with Gasteiger partial charge in [0.05, 0.1) is 6.20 Å². The van der Waals surface area contributed by atoms with Gasteiger partial charge in [-0.15, -0.1) is 0 Å². The number of fused-ring (bicyclic) bond motifs is 1. The molecule has 2 aromatic heterocycles. The summed E-state index contributed by atoms with van der Waals surface area (Å²) in [4.78, 5) is 42.1. The van der Waals surface area contributed by atoms with Crippen molar-refractivity contribution in [2.24, 2.45) is 0 Å². The zero-order valence-corrected chi connectivity index (χ0v) is 16.7. The van der Waals surface area contributed by atoms with E-state index in [0.29, 0.717) is 24.3 Å². The average Bonchev–Trinajstić information content (AvgIpc) is 3.25. The summed E-state index contributed by atoms with van der Waals surface area (Å²) in [6, 6.07) is 10.5. The number of piperazine rings is 1. The number of H-pyrrole nitrogens is 1. The van der Waals surface area contributed by atoms with E-state index in [9.17, 15) is 22.8 Å². The molecule has 170 valence electrons. The number of hydrogen-bond donors (Lipinski definition) is 3. The van der Waals surface area contributed by atoms with Crippen LogP contribution in [-0.2, 0) is 11.2 Å². The van der Waals surface area contributed by atoms with Gasteiger partial charge in [0.1, 0.15) is 17.5 Å². The molecule has 1 aliphatic rings. The Balaban J connectivity index is 0.000000360. The van der Waals surface area contributed by atoms with Gasteiger partial charge >= 0.3 is 12.1 Å². The summed E-state index contributed by atoms with van der Waals surface area (Å²) >= 11 is 0. The smallest absolute Gasteiger partial charge is 0.475 e. The summed E-state index contributed by atoms with van der Waals surface area (Å²) in [6.07, 6.45) is 0.220. The van der Waals surface area contributed by atoms with E-state index in [1.165, 1.54) is 24.3 Å². The summed E-state index contributed by atoms with van der Waals surface area (Å²) in [5, 5.41) is 10.6. The topological polar surface area (TPSA) is 120 Å². The quantitative estimate of drug-likeness (QED) is 0.553. The Morgan fingerprint density at radius 1 is 1.22 bits per heavy atom. The molecular formula is C20H20F3N5O4. The largest absolute Gasteiger partial charge is 0.490 e. The molecular weight excluding hydrogens is 431 g/mol. The normalized spacial score (nSPS) is 16.3. The van der Waals surface area contributed by atoms with Gasteiger partial charge in [0, 0.05) is 31.9 Å². The molecule has 32 heavy (non-hydrogen) atoms. The monoisotopic (exact) mass is 451 g/mol. The minimum Gasteiger partial charge on any atom is -0.475 e. The summed E-state index contributed by atoms with van der Waals surface area (Å²) in [7, 11) is 0. The number of aliphatic carboxylic acids is 1. The van der Waals surface area contributed by atoms with Crippen LogP contribution in [0.4, 0.5) is 13.2 Å². The molecule has 1 aromatic carbocycles. The van der Waals surface area contributed by atoms with Crippen molar-refractivity contribution in [3.63, 3.8) is 0 Å². The predicted octanol–water partition coefficient (Wildman–Crippen LogP) is 1.31. The molecule has 0 radical (unpaired) electrons. The first kappa shape index (κ1) is 23.0. The molecule has 9 nitrogen and oxygen atoms in total. The van der Waals surface area contributed by atoms with Gasteiger partial charge in [0.15, 0.2) is 0 Å². The Morgan fingerprint density at radius 2 is 1.91 bits per heavy atom. The number of imidazole rings is 1. The average molecular weight is 451 g/mol. The lowest BCUT2D eigenvalue weighted by Gasteiger charge is -2.34. The number of halogens is 3. The summed E-state index contributed by atoms with van der Waals surface area (Å²) in [5.41, 5.74) is 1.79. The summed E-state index contributed by atoms with van der Waals surface area (Å²) in [5.74, 6) is -2.86. The number of hydrogen-bond acceptors (Lipinski definition) is 5. The number of rotatable bonds is 3. The van der Waals surface area contributed by atoms with E-state index in [-0.39, 0.29) is 17.5 Å². The van der Waals surface area contributed by atoms with E-state index >= 15 is 0 Å². The van der Waals surface area contributed by atoms with Gasteiger partial charge in [0.2, 0.25) is 0 Å². The maximum Gasteiger partial charge on any atom is 0.490 e. The number of nitrogens with one attached hydrogen (secondary N) is 2. The van der Waals surface area contributed by atoms with E-state index in [2.05, 4.69) is 27.4 Å². The predicted molar refractivity (Wildman–Crippen MR) is 107 cm³/mol. The van der Waals surface area contributed by atoms with Gasteiger partial charge < -0.3 is 20.3 Å². The van der Waals surface area contributed by atoms with Crippen LogP contribution < -0.4 is 10.9 Å². The lowest BCUT2D eigenvalue weighted by Crippen LogP contribution is -2.53. The molecule has 0 bridgehead atoms. The van der Waals surface area contributed by atoms with Crippen molar-refractivity contribution in [3.8, 4) is 0 Å². The molecule has 3 N–H and O–H groups in total. The van der Waals surface area contributed by atoms with Crippen molar-refractivity contribution in [1.29, 1.82) is 0 Å². The fourth-order valence-electron chi connectivity index (χ4n) is 3.30. The number of carboxylic acids is 1. The van der Waals surface area contributed by atoms with Crippen molar-refractivity contribution >= 4 is 17.4 Å². The van der Waals surface area contributed by atoms with Crippen LogP contribution in [0.15, 0.2) is 53.8 Å². The first-order valence-electron chi connectivity index (χ1n) is 9.57. The highest BCUT2D eigenvalue weighted by molar-refractivity contribution is 5.93. The first-order chi connectivity index (χ1) is 15.2. The van der Waals surface area contributed by atoms with Crippen molar-refractivity contribution in [1.82, 2.24) is 24.6 Å². The summed E-state index contributed by atoms with van der Waals surface area (Å²) in [6.45, 7) is 2.02. The Hall–Kier alpha value is -3.67. The molecule has 3 heterocycles. The third-order valence-electron chi connectivity index (χ3n) is 4.80. The molecule has 12 heteroatoms. The van der Waals surface area contributed by atoms with E-state index in [0.717, 1.165) is 13.0 Å². The second kappa shape index (κ2) is 9.64. The fourth-order valence-corrected chi connectivity index (χ4v) is 3.30. The molecule has 1 aliphatic heterocycles. The zero-order chi connectivity index (χ0) is 23.3. The maximum absolute atomic E-state index is 12.9. The highest BCUT2D eigenvalue weighted by Gasteiger charge is 2.38. The SMILES string of the molecule is O=C(O)C(F)(F)F.O=C(c1c[nH]c(=O)c2cncn12)N1CCNC(Cc2ccccc2)C1. The maximum atomic E-state index is 12.9. The number of carbonyl (C=O) groups excluding carboxylic acids is 1. The standard InChI is InChI=1S/C18H19N5O2.C2HF3O2/c24-17-15-9-19-12-23(15)16(10-21-17)18(25)22-7-6-20-14(11-22)8-13-4-2-1-3-5-13;3-2(4,5)1(6)7/h1-5,9-10,12,14,20H,6-8,11H2,(H,21,24);(H,6,7). The third kappa shape index (κ3) is 5.52. The Labute approximate surface area is 179 Å². The van der Waals surface area contributed by atoms with E-state index < -0.39 is 12.1 Å². The first-order valence-corrected chi connectivity index (χ1v) is 9.57.